The molecule has 2 heterocycles. The van der Waals surface area contributed by atoms with Crippen molar-refractivity contribution in [2.75, 3.05) is 13.7 Å². The summed E-state index contributed by atoms with van der Waals surface area (Å²) < 4.78 is 19.8. The minimum Gasteiger partial charge on any atom is -0.496 e. The highest BCUT2D eigenvalue weighted by Crippen LogP contribution is 2.31. The topological polar surface area (TPSA) is 48.9 Å². The first-order valence-electron chi connectivity index (χ1n) is 10.8. The van der Waals surface area contributed by atoms with Gasteiger partial charge < -0.3 is 18.5 Å². The summed E-state index contributed by atoms with van der Waals surface area (Å²) in [5.74, 6) is 2.41. The molecule has 6 heteroatoms. The van der Waals surface area contributed by atoms with Gasteiger partial charge in [-0.2, -0.15) is 0 Å². The predicted octanol–water partition coefficient (Wildman–Crippen LogP) is 6.65. The number of hydrogen-bond donors (Lipinski definition) is 0. The van der Waals surface area contributed by atoms with E-state index in [1.165, 1.54) is 0 Å². The molecular formula is C27H24N2O3S. The molecule has 0 aliphatic rings. The van der Waals surface area contributed by atoms with Crippen molar-refractivity contribution >= 4 is 28.0 Å². The van der Waals surface area contributed by atoms with Crippen LogP contribution in [0.4, 0.5) is 5.69 Å². The summed E-state index contributed by atoms with van der Waals surface area (Å²) in [5, 5.41) is 3.16. The Morgan fingerprint density at radius 3 is 2.52 bits per heavy atom. The van der Waals surface area contributed by atoms with E-state index in [0.29, 0.717) is 13.2 Å². The molecule has 0 radical (unpaired) electrons. The standard InChI is InChI=1S/C27H24N2O3S/c1-3-31-25-15-9-6-12-21(25)28-27-29(17-20-11-5-7-13-23(20)30-2)22(18-33-27)26-16-19-10-4-8-14-24(19)32-26/h4-16,18H,3,17H2,1-2H3. The van der Waals surface area contributed by atoms with Gasteiger partial charge in [-0.25, -0.2) is 4.99 Å². The van der Waals surface area contributed by atoms with Gasteiger partial charge >= 0.3 is 0 Å². The number of nitrogens with zero attached hydrogens (tertiary/aromatic N) is 2. The molecule has 3 aromatic carbocycles. The SMILES string of the molecule is CCOc1ccccc1N=c1scc(-c2cc3ccccc3o2)n1Cc1ccccc1OC. The van der Waals surface area contributed by atoms with Gasteiger partial charge in [0.15, 0.2) is 10.6 Å². The van der Waals surface area contributed by atoms with Crippen LogP contribution in [0.5, 0.6) is 11.5 Å². The van der Waals surface area contributed by atoms with Gasteiger partial charge in [0.1, 0.15) is 22.8 Å². The number of aromatic nitrogens is 1. The molecule has 0 atom stereocenters. The largest absolute Gasteiger partial charge is 0.496 e. The Bertz CT molecular complexity index is 1430. The molecule has 0 aliphatic carbocycles. The van der Waals surface area contributed by atoms with E-state index in [4.69, 9.17) is 18.9 Å². The van der Waals surface area contributed by atoms with Crippen molar-refractivity contribution in [2.24, 2.45) is 4.99 Å². The van der Waals surface area contributed by atoms with Crippen molar-refractivity contribution in [1.29, 1.82) is 0 Å². The van der Waals surface area contributed by atoms with Crippen molar-refractivity contribution in [2.45, 2.75) is 13.5 Å². The molecule has 0 bridgehead atoms. The Hall–Kier alpha value is -3.77. The second-order valence-corrected chi connectivity index (χ2v) is 8.30. The molecule has 0 fully saturated rings. The molecule has 0 unspecified atom stereocenters. The van der Waals surface area contributed by atoms with Crippen LogP contribution in [-0.4, -0.2) is 18.3 Å². The summed E-state index contributed by atoms with van der Waals surface area (Å²) in [6.07, 6.45) is 0. The van der Waals surface area contributed by atoms with E-state index in [-0.39, 0.29) is 0 Å². The Kier molecular flexibility index (Phi) is 6.00. The molecule has 5 aromatic rings. The average molecular weight is 457 g/mol. The van der Waals surface area contributed by atoms with Gasteiger partial charge in [0.25, 0.3) is 0 Å². The first-order valence-corrected chi connectivity index (χ1v) is 11.7. The van der Waals surface area contributed by atoms with E-state index in [0.717, 1.165) is 50.0 Å². The fraction of sp³-hybridized carbons (Fsp3) is 0.148. The Morgan fingerprint density at radius 1 is 0.939 bits per heavy atom. The summed E-state index contributed by atoms with van der Waals surface area (Å²) in [7, 11) is 1.70. The first kappa shape index (κ1) is 21.1. The van der Waals surface area contributed by atoms with Crippen LogP contribution in [-0.2, 0) is 6.54 Å². The fourth-order valence-corrected chi connectivity index (χ4v) is 4.71. The van der Waals surface area contributed by atoms with Crippen LogP contribution in [0.25, 0.3) is 22.4 Å². The number of thiazole rings is 1. The van der Waals surface area contributed by atoms with Crippen LogP contribution in [0.1, 0.15) is 12.5 Å². The molecule has 0 N–H and O–H groups in total. The molecule has 166 valence electrons. The van der Waals surface area contributed by atoms with Crippen LogP contribution in [0.15, 0.2) is 93.7 Å². The molecule has 33 heavy (non-hydrogen) atoms. The smallest absolute Gasteiger partial charge is 0.190 e. The maximum Gasteiger partial charge on any atom is 0.190 e. The highest BCUT2D eigenvalue weighted by atomic mass is 32.1. The lowest BCUT2D eigenvalue weighted by molar-refractivity contribution is 0.341. The van der Waals surface area contributed by atoms with Crippen LogP contribution < -0.4 is 14.3 Å². The zero-order valence-corrected chi connectivity index (χ0v) is 19.3. The number of para-hydroxylation sites is 4. The second-order valence-electron chi connectivity index (χ2n) is 7.46. The van der Waals surface area contributed by atoms with Crippen LogP contribution >= 0.6 is 11.3 Å². The highest BCUT2D eigenvalue weighted by Gasteiger charge is 2.15. The van der Waals surface area contributed by atoms with E-state index in [1.54, 1.807) is 18.4 Å². The third-order valence-electron chi connectivity index (χ3n) is 5.38. The lowest BCUT2D eigenvalue weighted by atomic mass is 10.2. The molecule has 0 aliphatic heterocycles. The number of ether oxygens (including phenoxy) is 2. The van der Waals surface area contributed by atoms with E-state index in [1.807, 2.05) is 67.6 Å². The molecule has 0 saturated heterocycles. The summed E-state index contributed by atoms with van der Waals surface area (Å²) in [6.45, 7) is 3.15. The molecular weight excluding hydrogens is 432 g/mol. The number of benzene rings is 3. The molecule has 0 spiro atoms. The Labute approximate surface area is 196 Å². The monoisotopic (exact) mass is 456 g/mol. The maximum absolute atomic E-state index is 6.20. The van der Waals surface area contributed by atoms with Crippen LogP contribution in [0, 0.1) is 0 Å². The Morgan fingerprint density at radius 2 is 1.70 bits per heavy atom. The molecule has 5 nitrogen and oxygen atoms in total. The summed E-state index contributed by atoms with van der Waals surface area (Å²) in [4.78, 5) is 5.84. The van der Waals surface area contributed by atoms with Crippen molar-refractivity contribution < 1.29 is 13.9 Å². The first-order chi connectivity index (χ1) is 16.3. The lowest BCUT2D eigenvalue weighted by Crippen LogP contribution is -2.17. The van der Waals surface area contributed by atoms with E-state index < -0.39 is 0 Å². The van der Waals surface area contributed by atoms with E-state index in [2.05, 4.69) is 28.1 Å². The van der Waals surface area contributed by atoms with Crippen molar-refractivity contribution in [3.05, 3.63) is 94.6 Å². The van der Waals surface area contributed by atoms with Crippen LogP contribution in [0.2, 0.25) is 0 Å². The third kappa shape index (κ3) is 4.30. The summed E-state index contributed by atoms with van der Waals surface area (Å²) >= 11 is 1.58. The van der Waals surface area contributed by atoms with Gasteiger partial charge in [0.2, 0.25) is 0 Å². The average Bonchev–Trinajstić information content (AvgIpc) is 3.45. The quantitative estimate of drug-likeness (QED) is 0.275. The summed E-state index contributed by atoms with van der Waals surface area (Å²) in [6, 6.07) is 26.0. The van der Waals surface area contributed by atoms with E-state index in [9.17, 15) is 0 Å². The molecule has 5 rings (SSSR count). The zero-order valence-electron chi connectivity index (χ0n) is 18.5. The maximum atomic E-state index is 6.20. The summed E-state index contributed by atoms with van der Waals surface area (Å²) in [5.41, 5.74) is 3.69. The normalized spacial score (nSPS) is 11.8. The van der Waals surface area contributed by atoms with Gasteiger partial charge in [-0.1, -0.05) is 48.5 Å². The molecule has 0 amide bonds. The predicted molar refractivity (Wildman–Crippen MR) is 132 cm³/mol. The Balaban J connectivity index is 1.68. The minimum atomic E-state index is 0.586. The van der Waals surface area contributed by atoms with Gasteiger partial charge in [0, 0.05) is 16.3 Å². The minimum absolute atomic E-state index is 0.586. The lowest BCUT2D eigenvalue weighted by Gasteiger charge is -2.12. The van der Waals surface area contributed by atoms with Gasteiger partial charge in [-0.15, -0.1) is 11.3 Å². The molecule has 2 aromatic heterocycles. The van der Waals surface area contributed by atoms with Crippen molar-refractivity contribution in [3.8, 4) is 23.0 Å². The zero-order chi connectivity index (χ0) is 22.6. The second kappa shape index (κ2) is 9.38. The third-order valence-corrected chi connectivity index (χ3v) is 6.24. The number of rotatable bonds is 7. The van der Waals surface area contributed by atoms with Crippen molar-refractivity contribution in [3.63, 3.8) is 0 Å². The number of furan rings is 1. The van der Waals surface area contributed by atoms with Gasteiger partial charge in [-0.3, -0.25) is 0 Å². The number of hydrogen-bond acceptors (Lipinski definition) is 5. The van der Waals surface area contributed by atoms with E-state index >= 15 is 0 Å². The molecule has 0 saturated carbocycles. The van der Waals surface area contributed by atoms with Gasteiger partial charge in [0.05, 0.1) is 26.0 Å². The van der Waals surface area contributed by atoms with Gasteiger partial charge in [-0.05, 0) is 37.3 Å². The number of methoxy groups -OCH3 is 1. The highest BCUT2D eigenvalue weighted by molar-refractivity contribution is 7.07. The fourth-order valence-electron chi connectivity index (χ4n) is 3.81. The van der Waals surface area contributed by atoms with Crippen molar-refractivity contribution in [1.82, 2.24) is 4.57 Å². The number of fused-ring (bicyclic) bond motifs is 1. The van der Waals surface area contributed by atoms with Crippen LogP contribution in [0.3, 0.4) is 0 Å².